The van der Waals surface area contributed by atoms with Gasteiger partial charge in [-0.2, -0.15) is 0 Å². The fourth-order valence-electron chi connectivity index (χ4n) is 3.24. The molecule has 70 valence electrons. The minimum absolute atomic E-state index is 0.119. The fourth-order valence-corrected chi connectivity index (χ4v) is 3.24. The van der Waals surface area contributed by atoms with E-state index in [-0.39, 0.29) is 5.54 Å². The Labute approximate surface area is 74.1 Å². The molecule has 0 aromatic rings. The first-order chi connectivity index (χ1) is 5.69. The van der Waals surface area contributed by atoms with E-state index in [9.17, 15) is 0 Å². The first-order valence-corrected chi connectivity index (χ1v) is 5.09. The molecule has 3 N–H and O–H groups in total. The summed E-state index contributed by atoms with van der Waals surface area (Å²) in [6.45, 7) is 2.59. The molecule has 0 spiro atoms. The zero-order valence-corrected chi connectivity index (χ0v) is 7.79. The van der Waals surface area contributed by atoms with Gasteiger partial charge in [0.1, 0.15) is 0 Å². The zero-order chi connectivity index (χ0) is 8.77. The van der Waals surface area contributed by atoms with Crippen molar-refractivity contribution < 1.29 is 5.11 Å². The Morgan fingerprint density at radius 1 is 1.50 bits per heavy atom. The molecule has 0 bridgehead atoms. The number of nitrogens with two attached hydrogens (primary N) is 1. The molecule has 0 aromatic carbocycles. The van der Waals surface area contributed by atoms with Crippen LogP contribution in [-0.4, -0.2) is 17.3 Å². The molecule has 0 radical (unpaired) electrons. The maximum atomic E-state index is 9.05. The molecule has 12 heavy (non-hydrogen) atoms. The van der Waals surface area contributed by atoms with Crippen LogP contribution in [-0.2, 0) is 0 Å². The van der Waals surface area contributed by atoms with Gasteiger partial charge in [0.15, 0.2) is 0 Å². The highest BCUT2D eigenvalue weighted by Crippen LogP contribution is 2.55. The summed E-state index contributed by atoms with van der Waals surface area (Å²) in [5.74, 6) is 1.98. The predicted molar refractivity (Wildman–Crippen MR) is 48.6 cm³/mol. The Kier molecular flexibility index (Phi) is 1.92. The second kappa shape index (κ2) is 2.71. The largest absolute Gasteiger partial charge is 0.396 e. The molecule has 2 fully saturated rings. The van der Waals surface area contributed by atoms with Gasteiger partial charge in [-0.05, 0) is 37.0 Å². The Hall–Kier alpha value is -0.0800. The summed E-state index contributed by atoms with van der Waals surface area (Å²) in [6, 6.07) is 0. The summed E-state index contributed by atoms with van der Waals surface area (Å²) in [5, 5.41) is 9.05. The summed E-state index contributed by atoms with van der Waals surface area (Å²) in [7, 11) is 0. The predicted octanol–water partition coefficient (Wildman–Crippen LogP) is 1.13. The van der Waals surface area contributed by atoms with Gasteiger partial charge >= 0.3 is 0 Å². The average Bonchev–Trinajstić information content (AvgIpc) is 2.30. The summed E-state index contributed by atoms with van der Waals surface area (Å²) in [6.07, 6.45) is 4.78. The van der Waals surface area contributed by atoms with Gasteiger partial charge < -0.3 is 10.8 Å². The van der Waals surface area contributed by atoms with Gasteiger partial charge in [-0.25, -0.2) is 0 Å². The maximum absolute atomic E-state index is 9.05. The lowest BCUT2D eigenvalue weighted by atomic mass is 9.62. The van der Waals surface area contributed by atoms with E-state index >= 15 is 0 Å². The number of fused-ring (bicyclic) bond motifs is 1. The zero-order valence-electron chi connectivity index (χ0n) is 7.79. The molecule has 0 amide bonds. The third kappa shape index (κ3) is 1.01. The lowest BCUT2D eigenvalue weighted by molar-refractivity contribution is 0.0210. The minimum atomic E-state index is 0.119. The molecule has 2 saturated carbocycles. The van der Waals surface area contributed by atoms with E-state index in [0.717, 1.165) is 12.3 Å². The van der Waals surface area contributed by atoms with E-state index < -0.39 is 0 Å². The molecule has 0 aromatic heterocycles. The molecule has 4 atom stereocenters. The lowest BCUT2D eigenvalue weighted by Crippen LogP contribution is -2.58. The first-order valence-electron chi connectivity index (χ1n) is 5.09. The van der Waals surface area contributed by atoms with Crippen molar-refractivity contribution in [2.75, 3.05) is 6.61 Å². The van der Waals surface area contributed by atoms with Gasteiger partial charge in [0, 0.05) is 12.1 Å². The summed E-state index contributed by atoms with van der Waals surface area (Å²) in [5.41, 5.74) is 6.35. The number of aliphatic hydroxyl groups is 1. The van der Waals surface area contributed by atoms with E-state index in [1.807, 2.05) is 0 Å². The van der Waals surface area contributed by atoms with Crippen LogP contribution in [0.1, 0.15) is 32.6 Å². The molecular formula is C10H19NO. The van der Waals surface area contributed by atoms with E-state index in [1.165, 1.54) is 19.3 Å². The third-order valence-electron chi connectivity index (χ3n) is 4.02. The van der Waals surface area contributed by atoms with Crippen molar-refractivity contribution in [2.24, 2.45) is 23.5 Å². The Bertz CT molecular complexity index is 181. The van der Waals surface area contributed by atoms with E-state index in [4.69, 9.17) is 10.8 Å². The smallest absolute Gasteiger partial charge is 0.0463 e. The van der Waals surface area contributed by atoms with Gasteiger partial charge in [0.05, 0.1) is 0 Å². The highest BCUT2D eigenvalue weighted by atomic mass is 16.3. The summed E-state index contributed by atoms with van der Waals surface area (Å²) >= 11 is 0. The second-order valence-electron chi connectivity index (χ2n) is 4.70. The van der Waals surface area contributed by atoms with Crippen molar-refractivity contribution in [3.05, 3.63) is 0 Å². The second-order valence-corrected chi connectivity index (χ2v) is 4.70. The lowest BCUT2D eigenvalue weighted by Gasteiger charge is -2.48. The van der Waals surface area contributed by atoms with Crippen molar-refractivity contribution in [2.45, 2.75) is 38.1 Å². The van der Waals surface area contributed by atoms with Crippen LogP contribution in [0, 0.1) is 17.8 Å². The van der Waals surface area contributed by atoms with Crippen LogP contribution in [0.5, 0.6) is 0 Å². The van der Waals surface area contributed by atoms with Gasteiger partial charge in [-0.3, -0.25) is 0 Å². The van der Waals surface area contributed by atoms with E-state index in [0.29, 0.717) is 18.4 Å². The summed E-state index contributed by atoms with van der Waals surface area (Å²) in [4.78, 5) is 0. The Balaban J connectivity index is 2.01. The standard InChI is InChI=1S/C10H19NO/c1-2-7-3-9-8(6-12)5-10(9,11)4-7/h7-9,12H,2-6,11H2,1H3/t7?,8?,9?,10-/m1/s1. The number of rotatable bonds is 2. The minimum Gasteiger partial charge on any atom is -0.396 e. The average molecular weight is 169 g/mol. The molecule has 3 unspecified atom stereocenters. The quantitative estimate of drug-likeness (QED) is 0.651. The number of hydrogen-bond acceptors (Lipinski definition) is 2. The van der Waals surface area contributed by atoms with Gasteiger partial charge in [0.25, 0.3) is 0 Å². The molecule has 0 aliphatic heterocycles. The van der Waals surface area contributed by atoms with Crippen molar-refractivity contribution >= 4 is 0 Å². The van der Waals surface area contributed by atoms with Crippen LogP contribution < -0.4 is 5.73 Å². The number of hydrogen-bond donors (Lipinski definition) is 2. The Morgan fingerprint density at radius 2 is 2.25 bits per heavy atom. The highest BCUT2D eigenvalue weighted by molar-refractivity contribution is 5.11. The topological polar surface area (TPSA) is 46.2 Å². The first kappa shape index (κ1) is 8.52. The third-order valence-corrected chi connectivity index (χ3v) is 4.02. The highest BCUT2D eigenvalue weighted by Gasteiger charge is 2.55. The van der Waals surface area contributed by atoms with Gasteiger partial charge in [0.2, 0.25) is 0 Å². The van der Waals surface area contributed by atoms with Crippen LogP contribution in [0.15, 0.2) is 0 Å². The van der Waals surface area contributed by atoms with Crippen LogP contribution in [0.25, 0.3) is 0 Å². The molecule has 2 rings (SSSR count). The SMILES string of the molecule is CCC1CC2C(CO)C[C@]2(N)C1. The molecule has 2 aliphatic rings. The molecule has 0 saturated heterocycles. The molecule has 2 nitrogen and oxygen atoms in total. The Morgan fingerprint density at radius 3 is 2.83 bits per heavy atom. The van der Waals surface area contributed by atoms with Crippen LogP contribution in [0.4, 0.5) is 0 Å². The van der Waals surface area contributed by atoms with Crippen molar-refractivity contribution in [3.63, 3.8) is 0 Å². The summed E-state index contributed by atoms with van der Waals surface area (Å²) < 4.78 is 0. The molecule has 2 heteroatoms. The monoisotopic (exact) mass is 169 g/mol. The van der Waals surface area contributed by atoms with Crippen LogP contribution >= 0.6 is 0 Å². The van der Waals surface area contributed by atoms with E-state index in [1.54, 1.807) is 0 Å². The van der Waals surface area contributed by atoms with Crippen LogP contribution in [0.3, 0.4) is 0 Å². The van der Waals surface area contributed by atoms with Crippen molar-refractivity contribution in [1.29, 1.82) is 0 Å². The molecule has 0 heterocycles. The van der Waals surface area contributed by atoms with Crippen molar-refractivity contribution in [3.8, 4) is 0 Å². The van der Waals surface area contributed by atoms with Gasteiger partial charge in [-0.15, -0.1) is 0 Å². The molecule has 2 aliphatic carbocycles. The van der Waals surface area contributed by atoms with Crippen LogP contribution in [0.2, 0.25) is 0 Å². The fraction of sp³-hybridized carbons (Fsp3) is 1.00. The molecular weight excluding hydrogens is 150 g/mol. The van der Waals surface area contributed by atoms with E-state index in [2.05, 4.69) is 6.92 Å². The normalized spacial score (nSPS) is 51.8. The van der Waals surface area contributed by atoms with Gasteiger partial charge in [-0.1, -0.05) is 13.3 Å². The van der Waals surface area contributed by atoms with Crippen molar-refractivity contribution in [1.82, 2.24) is 0 Å². The number of aliphatic hydroxyl groups excluding tert-OH is 1. The maximum Gasteiger partial charge on any atom is 0.0463 e.